The van der Waals surface area contributed by atoms with Crippen molar-refractivity contribution in [3.63, 3.8) is 0 Å². The third-order valence-corrected chi connectivity index (χ3v) is 7.53. The third kappa shape index (κ3) is 13.3. The Morgan fingerprint density at radius 1 is 0.886 bits per heavy atom. The molecule has 1 atom stereocenters. The van der Waals surface area contributed by atoms with E-state index in [0.717, 1.165) is 19.3 Å². The van der Waals surface area contributed by atoms with Crippen molar-refractivity contribution in [3.05, 3.63) is 33.9 Å². The number of quaternary nitrogens is 1. The quantitative estimate of drug-likeness (QED) is 0.0540. The third-order valence-electron chi connectivity index (χ3n) is 6.07. The van der Waals surface area contributed by atoms with E-state index in [1.54, 1.807) is 0 Å². The summed E-state index contributed by atoms with van der Waals surface area (Å²) in [5.41, 5.74) is -0.442. The van der Waals surface area contributed by atoms with Crippen molar-refractivity contribution in [1.82, 2.24) is 0 Å². The Kier molecular flexibility index (Phi) is 15.1. The molecule has 0 bridgehead atoms. The Morgan fingerprint density at radius 2 is 1.37 bits per heavy atom. The van der Waals surface area contributed by atoms with Gasteiger partial charge in [-0.15, -0.1) is 0 Å². The Hall–Kier alpha value is -1.69. The number of ketones is 1. The Balaban J connectivity index is 2.49. The predicted molar refractivity (Wildman–Crippen MR) is 144 cm³/mol. The standard InChI is InChI=1S/C27H46N2O5P/c1-5-6-7-8-9-10-11-12-13-14-15-16-17-18-25(30)24-21-23(28(32)33)19-20-26(24)35(34)27(31)22-29(2,3)4/h19-21,34H,5-18,22H2,1-4H3/q+1. The number of nitro benzene ring substituents is 1. The highest BCUT2D eigenvalue weighted by atomic mass is 31.1. The van der Waals surface area contributed by atoms with Gasteiger partial charge in [-0.2, -0.15) is 0 Å². The van der Waals surface area contributed by atoms with Crippen molar-refractivity contribution >= 4 is 30.4 Å². The minimum absolute atomic E-state index is 0.113. The van der Waals surface area contributed by atoms with Gasteiger partial charge >= 0.3 is 0 Å². The summed E-state index contributed by atoms with van der Waals surface area (Å²) in [6.07, 6.45) is 16.0. The molecule has 1 N–H and O–H groups in total. The second-order valence-corrected chi connectivity index (χ2v) is 12.1. The topological polar surface area (TPSA) is 97.5 Å². The molecule has 198 valence electrons. The van der Waals surface area contributed by atoms with Gasteiger partial charge in [0, 0.05) is 29.4 Å². The summed E-state index contributed by atoms with van der Waals surface area (Å²) in [6.45, 7) is 2.36. The number of benzene rings is 1. The van der Waals surface area contributed by atoms with E-state index in [1.807, 2.05) is 21.1 Å². The van der Waals surface area contributed by atoms with Crippen LogP contribution in [0.1, 0.15) is 107 Å². The molecule has 7 nitrogen and oxygen atoms in total. The number of carbonyl (C=O) groups excluding carboxylic acids is 2. The first-order valence-corrected chi connectivity index (χ1v) is 14.5. The van der Waals surface area contributed by atoms with E-state index in [0.29, 0.717) is 10.9 Å². The van der Waals surface area contributed by atoms with Gasteiger partial charge in [0.15, 0.2) is 5.78 Å². The van der Waals surface area contributed by atoms with Crippen LogP contribution in [-0.2, 0) is 4.79 Å². The molecule has 0 aliphatic heterocycles. The molecule has 0 aliphatic rings. The van der Waals surface area contributed by atoms with Crippen molar-refractivity contribution in [1.29, 1.82) is 0 Å². The average Bonchev–Trinajstić information content (AvgIpc) is 2.79. The highest BCUT2D eigenvalue weighted by Crippen LogP contribution is 2.34. The number of carbonyl (C=O) groups is 2. The maximum absolute atomic E-state index is 12.9. The van der Waals surface area contributed by atoms with Crippen LogP contribution in [0.4, 0.5) is 5.69 Å². The molecule has 0 saturated heterocycles. The van der Waals surface area contributed by atoms with Crippen LogP contribution in [0.3, 0.4) is 0 Å². The van der Waals surface area contributed by atoms with Gasteiger partial charge in [0.2, 0.25) is 5.52 Å². The summed E-state index contributed by atoms with van der Waals surface area (Å²) in [6, 6.07) is 3.83. The molecule has 1 unspecified atom stereocenters. The van der Waals surface area contributed by atoms with Crippen molar-refractivity contribution in [2.24, 2.45) is 0 Å². The summed E-state index contributed by atoms with van der Waals surface area (Å²) in [7, 11) is 3.31. The minimum atomic E-state index is -2.22. The van der Waals surface area contributed by atoms with Crippen LogP contribution in [0.2, 0.25) is 0 Å². The lowest BCUT2D eigenvalue weighted by atomic mass is 10.0. The summed E-state index contributed by atoms with van der Waals surface area (Å²) in [4.78, 5) is 46.8. The lowest BCUT2D eigenvalue weighted by molar-refractivity contribution is -0.861. The fourth-order valence-electron chi connectivity index (χ4n) is 4.09. The zero-order valence-electron chi connectivity index (χ0n) is 22.3. The number of non-ortho nitro benzene ring substituents is 1. The number of rotatable bonds is 20. The zero-order chi connectivity index (χ0) is 26.3. The van der Waals surface area contributed by atoms with Gasteiger partial charge in [-0.05, 0) is 12.5 Å². The van der Waals surface area contributed by atoms with Crippen molar-refractivity contribution in [3.8, 4) is 0 Å². The average molecular weight is 510 g/mol. The summed E-state index contributed by atoms with van der Waals surface area (Å²) in [5.74, 6) is -0.244. The number of unbranched alkanes of at least 4 members (excludes halogenated alkanes) is 12. The molecule has 0 spiro atoms. The first-order valence-electron chi connectivity index (χ1n) is 13.2. The molecule has 0 saturated carbocycles. The van der Waals surface area contributed by atoms with E-state index in [9.17, 15) is 24.6 Å². The SMILES string of the molecule is CCCCCCCCCCCCCCCC(=O)c1cc([N+](=O)[O-])ccc1P(O)C(=O)C[N+](C)(C)C. The van der Waals surface area contributed by atoms with E-state index in [2.05, 4.69) is 6.92 Å². The molecule has 0 aliphatic carbocycles. The number of Topliss-reactive ketones (excluding diaryl/α,β-unsaturated/α-hetero) is 1. The van der Waals surface area contributed by atoms with Gasteiger partial charge in [0.05, 0.1) is 26.1 Å². The highest BCUT2D eigenvalue weighted by Gasteiger charge is 2.29. The van der Waals surface area contributed by atoms with Crippen molar-refractivity contribution in [2.75, 3.05) is 27.7 Å². The van der Waals surface area contributed by atoms with Gasteiger partial charge in [0.25, 0.3) is 5.69 Å². The van der Waals surface area contributed by atoms with Crippen LogP contribution in [0.5, 0.6) is 0 Å². The van der Waals surface area contributed by atoms with Crippen LogP contribution in [0.25, 0.3) is 0 Å². The van der Waals surface area contributed by atoms with Crippen LogP contribution >= 0.6 is 8.15 Å². The molecule has 0 amide bonds. The Morgan fingerprint density at radius 3 is 1.83 bits per heavy atom. The van der Waals surface area contributed by atoms with Gasteiger partial charge < -0.3 is 9.38 Å². The zero-order valence-corrected chi connectivity index (χ0v) is 23.2. The van der Waals surface area contributed by atoms with Crippen molar-refractivity contribution in [2.45, 2.75) is 96.8 Å². The van der Waals surface area contributed by atoms with E-state index >= 15 is 0 Å². The Bertz CT molecular complexity index is 807. The predicted octanol–water partition coefficient (Wildman–Crippen LogP) is 6.51. The molecule has 1 rings (SSSR count). The van der Waals surface area contributed by atoms with Gasteiger partial charge in [-0.25, -0.2) is 0 Å². The summed E-state index contributed by atoms with van der Waals surface area (Å²) >= 11 is 0. The number of nitro groups is 1. The molecular weight excluding hydrogens is 463 g/mol. The molecule has 1 aromatic rings. The van der Waals surface area contributed by atoms with E-state index in [-0.39, 0.29) is 40.8 Å². The van der Waals surface area contributed by atoms with Crippen LogP contribution < -0.4 is 5.30 Å². The molecule has 8 heteroatoms. The van der Waals surface area contributed by atoms with Crippen LogP contribution in [-0.4, -0.2) is 53.3 Å². The smallest absolute Gasteiger partial charge is 0.270 e. The van der Waals surface area contributed by atoms with Gasteiger partial charge in [0.1, 0.15) is 14.7 Å². The minimum Gasteiger partial charge on any atom is -0.362 e. The molecule has 1 aromatic carbocycles. The fraction of sp³-hybridized carbons (Fsp3) is 0.704. The number of hydrogen-bond acceptors (Lipinski definition) is 5. The van der Waals surface area contributed by atoms with E-state index < -0.39 is 13.1 Å². The lowest BCUT2D eigenvalue weighted by Gasteiger charge is -2.24. The maximum Gasteiger partial charge on any atom is 0.270 e. The maximum atomic E-state index is 12.9. The normalized spacial score (nSPS) is 12.5. The van der Waals surface area contributed by atoms with Crippen LogP contribution in [0.15, 0.2) is 18.2 Å². The molecule has 0 fully saturated rings. The van der Waals surface area contributed by atoms with Crippen molar-refractivity contribution < 1.29 is 23.9 Å². The number of hydrogen-bond donors (Lipinski definition) is 1. The van der Waals surface area contributed by atoms with E-state index in [4.69, 9.17) is 0 Å². The number of nitrogens with zero attached hydrogens (tertiary/aromatic N) is 2. The Labute approximate surface area is 212 Å². The van der Waals surface area contributed by atoms with Crippen LogP contribution in [0, 0.1) is 10.1 Å². The lowest BCUT2D eigenvalue weighted by Crippen LogP contribution is -2.39. The van der Waals surface area contributed by atoms with E-state index in [1.165, 1.54) is 76.0 Å². The first-order chi connectivity index (χ1) is 16.6. The number of likely N-dealkylation sites (N-methyl/N-ethyl adjacent to an activating group) is 1. The monoisotopic (exact) mass is 509 g/mol. The molecule has 0 heterocycles. The van der Waals surface area contributed by atoms with Gasteiger partial charge in [-0.3, -0.25) is 19.7 Å². The molecule has 0 aromatic heterocycles. The molecule has 0 radical (unpaired) electrons. The molecular formula is C27H46N2O5P+. The van der Waals surface area contributed by atoms with Gasteiger partial charge in [-0.1, -0.05) is 84.0 Å². The fourth-order valence-corrected chi connectivity index (χ4v) is 5.55. The first kappa shape index (κ1) is 31.3. The largest absolute Gasteiger partial charge is 0.362 e. The second kappa shape index (κ2) is 16.9. The highest BCUT2D eigenvalue weighted by molar-refractivity contribution is 7.76. The second-order valence-electron chi connectivity index (χ2n) is 10.5. The summed E-state index contributed by atoms with van der Waals surface area (Å²) in [5, 5.41) is 11.5. The summed E-state index contributed by atoms with van der Waals surface area (Å²) < 4.78 is 0.355. The molecule has 35 heavy (non-hydrogen) atoms.